The third-order valence-electron chi connectivity index (χ3n) is 4.35. The molecule has 1 amide bonds. The Labute approximate surface area is 171 Å². The number of nitrogens with one attached hydrogen (secondary N) is 1. The number of ether oxygens (including phenoxy) is 1. The maximum atomic E-state index is 12.9. The van der Waals surface area contributed by atoms with Crippen LogP contribution in [0.3, 0.4) is 0 Å². The van der Waals surface area contributed by atoms with Gasteiger partial charge in [0.05, 0.1) is 18.6 Å². The number of halogens is 1. The smallest absolute Gasteiger partial charge is 0.243 e. The van der Waals surface area contributed by atoms with Gasteiger partial charge >= 0.3 is 0 Å². The van der Waals surface area contributed by atoms with Gasteiger partial charge in [-0.15, -0.1) is 0 Å². The first-order valence-corrected chi connectivity index (χ1v) is 11.3. The number of nitrogens with zero attached hydrogens (tertiary/aromatic N) is 1. The van der Waals surface area contributed by atoms with Crippen molar-refractivity contribution in [2.75, 3.05) is 23.7 Å². The number of aryl methyl sites for hydroxylation is 1. The average Bonchev–Trinajstić information content (AvgIpc) is 2.67. The lowest BCUT2D eigenvalue weighted by Crippen LogP contribution is -2.48. The molecule has 0 unspecified atom stereocenters. The van der Waals surface area contributed by atoms with Crippen LogP contribution in [0, 0.1) is 5.82 Å². The van der Waals surface area contributed by atoms with E-state index in [9.17, 15) is 17.6 Å². The molecule has 1 atom stereocenters. The standard InChI is InChI=1S/C21H27FN2O4S/c1-4-28-20-13-11-19(12-14-20)24(29(3,26)27)16(2)21(25)23-15-5-6-17-7-9-18(22)10-8-17/h7-14,16H,4-6,15H2,1-3H3,(H,23,25)/t16-/m0/s1. The largest absolute Gasteiger partial charge is 0.494 e. The number of anilines is 1. The number of sulfonamides is 1. The average molecular weight is 423 g/mol. The van der Waals surface area contributed by atoms with Gasteiger partial charge in [-0.05, 0) is 68.7 Å². The van der Waals surface area contributed by atoms with Gasteiger partial charge in [-0.1, -0.05) is 12.1 Å². The van der Waals surface area contributed by atoms with E-state index in [1.165, 1.54) is 12.1 Å². The predicted octanol–water partition coefficient (Wildman–Crippen LogP) is 3.13. The van der Waals surface area contributed by atoms with Crippen molar-refractivity contribution in [3.63, 3.8) is 0 Å². The van der Waals surface area contributed by atoms with Crippen molar-refractivity contribution in [1.29, 1.82) is 0 Å². The Morgan fingerprint density at radius 3 is 2.31 bits per heavy atom. The molecule has 0 aromatic heterocycles. The lowest BCUT2D eigenvalue weighted by atomic mass is 10.1. The number of amides is 1. The maximum Gasteiger partial charge on any atom is 0.243 e. The summed E-state index contributed by atoms with van der Waals surface area (Å²) in [5.41, 5.74) is 1.37. The maximum absolute atomic E-state index is 12.9. The molecule has 6 nitrogen and oxygen atoms in total. The number of hydrogen-bond donors (Lipinski definition) is 1. The van der Waals surface area contributed by atoms with Gasteiger partial charge in [0.25, 0.3) is 0 Å². The second-order valence-electron chi connectivity index (χ2n) is 6.68. The summed E-state index contributed by atoms with van der Waals surface area (Å²) in [4.78, 5) is 12.5. The number of rotatable bonds is 10. The van der Waals surface area contributed by atoms with Crippen LogP contribution >= 0.6 is 0 Å². The van der Waals surface area contributed by atoms with Crippen LogP contribution in [0.2, 0.25) is 0 Å². The van der Waals surface area contributed by atoms with E-state index >= 15 is 0 Å². The van der Waals surface area contributed by atoms with Crippen LogP contribution in [-0.4, -0.2) is 39.8 Å². The molecule has 29 heavy (non-hydrogen) atoms. The minimum atomic E-state index is -3.67. The number of benzene rings is 2. The fourth-order valence-electron chi connectivity index (χ4n) is 2.97. The van der Waals surface area contributed by atoms with Crippen LogP contribution in [-0.2, 0) is 21.2 Å². The first kappa shape index (κ1) is 22.7. The molecule has 0 aliphatic rings. The van der Waals surface area contributed by atoms with Crippen molar-refractivity contribution >= 4 is 21.6 Å². The van der Waals surface area contributed by atoms with Crippen molar-refractivity contribution < 1.29 is 22.3 Å². The second kappa shape index (κ2) is 10.2. The Bertz CT molecular complexity index is 899. The molecule has 8 heteroatoms. The normalized spacial score (nSPS) is 12.3. The molecule has 0 spiro atoms. The summed E-state index contributed by atoms with van der Waals surface area (Å²) in [7, 11) is -3.67. The minimum absolute atomic E-state index is 0.286. The topological polar surface area (TPSA) is 75.7 Å². The Morgan fingerprint density at radius 2 is 1.76 bits per heavy atom. The third kappa shape index (κ3) is 6.74. The zero-order chi connectivity index (χ0) is 21.4. The molecule has 0 saturated heterocycles. The monoisotopic (exact) mass is 422 g/mol. The van der Waals surface area contributed by atoms with Crippen LogP contribution in [0.15, 0.2) is 48.5 Å². The molecule has 158 valence electrons. The van der Waals surface area contributed by atoms with E-state index in [2.05, 4.69) is 5.32 Å². The van der Waals surface area contributed by atoms with E-state index in [-0.39, 0.29) is 11.7 Å². The summed E-state index contributed by atoms with van der Waals surface area (Å²) in [6.07, 6.45) is 2.41. The SMILES string of the molecule is CCOc1ccc(N([C@@H](C)C(=O)NCCCc2ccc(F)cc2)S(C)(=O)=O)cc1. The van der Waals surface area contributed by atoms with Crippen LogP contribution in [0.4, 0.5) is 10.1 Å². The molecule has 0 aliphatic heterocycles. The Balaban J connectivity index is 1.98. The lowest BCUT2D eigenvalue weighted by molar-refractivity contribution is -0.121. The van der Waals surface area contributed by atoms with Gasteiger partial charge in [0.1, 0.15) is 17.6 Å². The van der Waals surface area contributed by atoms with Gasteiger partial charge in [0.2, 0.25) is 15.9 Å². The van der Waals surface area contributed by atoms with E-state index in [0.29, 0.717) is 37.4 Å². The molecule has 0 aliphatic carbocycles. The Kier molecular flexibility index (Phi) is 8.01. The van der Waals surface area contributed by atoms with E-state index in [4.69, 9.17) is 4.74 Å². The minimum Gasteiger partial charge on any atom is -0.494 e. The van der Waals surface area contributed by atoms with Crippen molar-refractivity contribution in [3.8, 4) is 5.75 Å². The van der Waals surface area contributed by atoms with Crippen molar-refractivity contribution in [2.45, 2.75) is 32.7 Å². The number of carbonyl (C=O) groups excluding carboxylic acids is 1. The summed E-state index contributed by atoms with van der Waals surface area (Å²) < 4.78 is 44.0. The third-order valence-corrected chi connectivity index (χ3v) is 5.59. The zero-order valence-electron chi connectivity index (χ0n) is 16.9. The number of hydrogen-bond acceptors (Lipinski definition) is 4. The van der Waals surface area contributed by atoms with E-state index in [1.807, 2.05) is 6.92 Å². The van der Waals surface area contributed by atoms with E-state index in [1.54, 1.807) is 43.3 Å². The van der Waals surface area contributed by atoms with Crippen molar-refractivity contribution in [3.05, 3.63) is 59.9 Å². The van der Waals surface area contributed by atoms with E-state index in [0.717, 1.165) is 16.1 Å². The summed E-state index contributed by atoms with van der Waals surface area (Å²) >= 11 is 0. The molecule has 0 bridgehead atoms. The predicted molar refractivity (Wildman–Crippen MR) is 112 cm³/mol. The van der Waals surface area contributed by atoms with Crippen LogP contribution in [0.5, 0.6) is 5.75 Å². The molecule has 2 aromatic rings. The van der Waals surface area contributed by atoms with Crippen molar-refractivity contribution in [1.82, 2.24) is 5.32 Å². The highest BCUT2D eigenvalue weighted by Crippen LogP contribution is 2.24. The molecule has 0 heterocycles. The fraction of sp³-hybridized carbons (Fsp3) is 0.381. The van der Waals surface area contributed by atoms with Gasteiger partial charge in [0, 0.05) is 6.54 Å². The number of carbonyl (C=O) groups is 1. The first-order valence-electron chi connectivity index (χ1n) is 9.46. The molecule has 2 rings (SSSR count). The highest BCUT2D eigenvalue weighted by molar-refractivity contribution is 7.92. The summed E-state index contributed by atoms with van der Waals surface area (Å²) in [6, 6.07) is 11.9. The van der Waals surface area contributed by atoms with Crippen molar-refractivity contribution in [2.24, 2.45) is 0 Å². The van der Waals surface area contributed by atoms with Gasteiger partial charge in [-0.2, -0.15) is 0 Å². The molecule has 1 N–H and O–H groups in total. The second-order valence-corrected chi connectivity index (χ2v) is 8.54. The van der Waals surface area contributed by atoms with Crippen LogP contribution in [0.25, 0.3) is 0 Å². The van der Waals surface area contributed by atoms with Crippen LogP contribution in [0.1, 0.15) is 25.8 Å². The highest BCUT2D eigenvalue weighted by Gasteiger charge is 2.28. The van der Waals surface area contributed by atoms with Gasteiger partial charge < -0.3 is 10.1 Å². The first-order chi connectivity index (χ1) is 13.7. The van der Waals surface area contributed by atoms with Gasteiger partial charge in [-0.3, -0.25) is 9.10 Å². The van der Waals surface area contributed by atoms with Crippen LogP contribution < -0.4 is 14.4 Å². The fourth-order valence-corrected chi connectivity index (χ4v) is 4.14. The van der Waals surface area contributed by atoms with Gasteiger partial charge in [0.15, 0.2) is 0 Å². The summed E-state index contributed by atoms with van der Waals surface area (Å²) in [6.45, 7) is 4.30. The molecule has 0 saturated carbocycles. The highest BCUT2D eigenvalue weighted by atomic mass is 32.2. The molecular weight excluding hydrogens is 395 g/mol. The lowest BCUT2D eigenvalue weighted by Gasteiger charge is -2.28. The van der Waals surface area contributed by atoms with E-state index < -0.39 is 16.1 Å². The molecule has 0 radical (unpaired) electrons. The molecule has 0 fully saturated rings. The Hall–Kier alpha value is -2.61. The van der Waals surface area contributed by atoms with Gasteiger partial charge in [-0.25, -0.2) is 12.8 Å². The summed E-state index contributed by atoms with van der Waals surface area (Å²) in [5.74, 6) is -0.0444. The summed E-state index contributed by atoms with van der Waals surface area (Å²) in [5, 5.41) is 2.77. The Morgan fingerprint density at radius 1 is 1.14 bits per heavy atom. The quantitative estimate of drug-likeness (QED) is 0.597. The molecule has 2 aromatic carbocycles. The molecular formula is C21H27FN2O4S. The zero-order valence-corrected chi connectivity index (χ0v) is 17.7.